The second-order valence-corrected chi connectivity index (χ2v) is 4.23. The van der Waals surface area contributed by atoms with Crippen LogP contribution in [0.15, 0.2) is 30.5 Å². The van der Waals surface area contributed by atoms with Crippen LogP contribution in [-0.4, -0.2) is 10.8 Å². The zero-order chi connectivity index (χ0) is 13.3. The number of rotatable bonds is 2. The molecule has 2 N–H and O–H groups in total. The third-order valence-electron chi connectivity index (χ3n) is 2.61. The molecular formula is C13H10ClFN2O. The topological polar surface area (TPSA) is 56.0 Å². The maximum Gasteiger partial charge on any atom is 0.199 e. The van der Waals surface area contributed by atoms with E-state index >= 15 is 0 Å². The van der Waals surface area contributed by atoms with Gasteiger partial charge in [-0.25, -0.2) is 9.37 Å². The van der Waals surface area contributed by atoms with E-state index in [0.717, 1.165) is 0 Å². The number of aryl methyl sites for hydroxylation is 1. The molecule has 0 unspecified atom stereocenters. The first-order valence-electron chi connectivity index (χ1n) is 5.22. The molecule has 0 saturated heterocycles. The highest BCUT2D eigenvalue weighted by molar-refractivity contribution is 6.31. The summed E-state index contributed by atoms with van der Waals surface area (Å²) in [6.45, 7) is 1.72. The molecule has 0 atom stereocenters. The number of hydrogen-bond acceptors (Lipinski definition) is 3. The number of benzene rings is 1. The number of nitrogens with zero attached hydrogens (tertiary/aromatic N) is 1. The summed E-state index contributed by atoms with van der Waals surface area (Å²) in [4.78, 5) is 16.1. The fourth-order valence-electron chi connectivity index (χ4n) is 1.69. The van der Waals surface area contributed by atoms with Crippen LogP contribution in [0.1, 0.15) is 21.5 Å². The molecule has 0 fully saturated rings. The number of carbonyl (C=O) groups is 1. The number of carbonyl (C=O) groups excluding carboxylic acids is 1. The van der Waals surface area contributed by atoms with Gasteiger partial charge in [-0.2, -0.15) is 0 Å². The zero-order valence-electron chi connectivity index (χ0n) is 9.58. The van der Waals surface area contributed by atoms with Gasteiger partial charge >= 0.3 is 0 Å². The van der Waals surface area contributed by atoms with Crippen molar-refractivity contribution in [3.8, 4) is 0 Å². The third kappa shape index (κ3) is 2.07. The van der Waals surface area contributed by atoms with E-state index in [1.807, 2.05) is 0 Å². The normalized spacial score (nSPS) is 10.4. The summed E-state index contributed by atoms with van der Waals surface area (Å²) >= 11 is 5.65. The summed E-state index contributed by atoms with van der Waals surface area (Å²) in [5, 5.41) is -0.0963. The average molecular weight is 265 g/mol. The molecule has 0 aliphatic rings. The standard InChI is InChI=1S/C13H10ClFN2O/c1-7-5-6-17-13(16)10(7)12(18)8-3-2-4-9(14)11(8)15/h2-6H,1H3,(H2,16,17). The third-order valence-corrected chi connectivity index (χ3v) is 2.90. The minimum Gasteiger partial charge on any atom is -0.383 e. The van der Waals surface area contributed by atoms with E-state index in [9.17, 15) is 9.18 Å². The lowest BCUT2D eigenvalue weighted by atomic mass is 10.00. The Morgan fingerprint density at radius 2 is 2.11 bits per heavy atom. The van der Waals surface area contributed by atoms with Crippen LogP contribution < -0.4 is 5.73 Å². The van der Waals surface area contributed by atoms with Gasteiger partial charge in [0.1, 0.15) is 5.82 Å². The monoisotopic (exact) mass is 264 g/mol. The summed E-state index contributed by atoms with van der Waals surface area (Å²) in [6.07, 6.45) is 1.50. The van der Waals surface area contributed by atoms with Crippen molar-refractivity contribution in [2.45, 2.75) is 6.92 Å². The van der Waals surface area contributed by atoms with Crippen LogP contribution in [0, 0.1) is 12.7 Å². The Morgan fingerprint density at radius 1 is 1.39 bits per heavy atom. The molecule has 0 aliphatic carbocycles. The molecule has 0 spiro atoms. The summed E-state index contributed by atoms with van der Waals surface area (Å²) in [7, 11) is 0. The number of hydrogen-bond donors (Lipinski definition) is 1. The Morgan fingerprint density at radius 3 is 2.78 bits per heavy atom. The summed E-state index contributed by atoms with van der Waals surface area (Å²) < 4.78 is 13.8. The van der Waals surface area contributed by atoms with Crippen LogP contribution >= 0.6 is 11.6 Å². The van der Waals surface area contributed by atoms with Gasteiger partial charge in [0.15, 0.2) is 11.6 Å². The van der Waals surface area contributed by atoms with Crippen LogP contribution in [0.3, 0.4) is 0 Å². The van der Waals surface area contributed by atoms with E-state index < -0.39 is 11.6 Å². The van der Waals surface area contributed by atoms with E-state index in [-0.39, 0.29) is 22.0 Å². The molecule has 2 aromatic rings. The van der Waals surface area contributed by atoms with Gasteiger partial charge in [0.2, 0.25) is 0 Å². The van der Waals surface area contributed by atoms with Crippen LogP contribution in [-0.2, 0) is 0 Å². The molecule has 92 valence electrons. The van der Waals surface area contributed by atoms with Crippen LogP contribution in [0.2, 0.25) is 5.02 Å². The first-order valence-corrected chi connectivity index (χ1v) is 5.60. The van der Waals surface area contributed by atoms with Gasteiger partial charge in [0.05, 0.1) is 16.1 Å². The van der Waals surface area contributed by atoms with Gasteiger partial charge in [-0.1, -0.05) is 17.7 Å². The van der Waals surface area contributed by atoms with Crippen molar-refractivity contribution in [2.24, 2.45) is 0 Å². The molecule has 1 aromatic carbocycles. The predicted molar refractivity (Wildman–Crippen MR) is 68.2 cm³/mol. The Balaban J connectivity index is 2.59. The molecule has 1 heterocycles. The van der Waals surface area contributed by atoms with Crippen LogP contribution in [0.25, 0.3) is 0 Å². The first kappa shape index (κ1) is 12.5. The van der Waals surface area contributed by atoms with E-state index in [0.29, 0.717) is 5.56 Å². The molecule has 3 nitrogen and oxygen atoms in total. The van der Waals surface area contributed by atoms with Gasteiger partial charge in [0.25, 0.3) is 0 Å². The van der Waals surface area contributed by atoms with E-state index in [4.69, 9.17) is 17.3 Å². The molecule has 2 rings (SSSR count). The van der Waals surface area contributed by atoms with Gasteiger partial charge < -0.3 is 5.73 Å². The molecule has 5 heteroatoms. The molecule has 0 aliphatic heterocycles. The lowest BCUT2D eigenvalue weighted by Crippen LogP contribution is -2.11. The van der Waals surface area contributed by atoms with Crippen molar-refractivity contribution in [3.05, 3.63) is 58.0 Å². The number of nitrogen functional groups attached to an aromatic ring is 1. The fraction of sp³-hybridized carbons (Fsp3) is 0.0769. The maximum atomic E-state index is 13.8. The van der Waals surface area contributed by atoms with Crippen LogP contribution in [0.4, 0.5) is 10.2 Å². The van der Waals surface area contributed by atoms with Crippen molar-refractivity contribution in [3.63, 3.8) is 0 Å². The Hall–Kier alpha value is -1.94. The lowest BCUT2D eigenvalue weighted by molar-refractivity contribution is 0.103. The molecule has 0 saturated carbocycles. The largest absolute Gasteiger partial charge is 0.383 e. The molecule has 18 heavy (non-hydrogen) atoms. The SMILES string of the molecule is Cc1ccnc(N)c1C(=O)c1cccc(Cl)c1F. The molecule has 0 amide bonds. The Labute approximate surface area is 108 Å². The second-order valence-electron chi connectivity index (χ2n) is 3.82. The summed E-state index contributed by atoms with van der Waals surface area (Å²) in [5.74, 6) is -1.18. The molecular weight excluding hydrogens is 255 g/mol. The highest BCUT2D eigenvalue weighted by Crippen LogP contribution is 2.23. The minimum absolute atomic E-state index is 0.0828. The number of halogens is 2. The molecule has 0 radical (unpaired) electrons. The average Bonchev–Trinajstić information content (AvgIpc) is 2.32. The number of ketones is 1. The van der Waals surface area contributed by atoms with Gasteiger partial charge in [-0.15, -0.1) is 0 Å². The molecule has 0 bridgehead atoms. The number of pyridine rings is 1. The summed E-state index contributed by atoms with van der Waals surface area (Å²) in [6, 6.07) is 5.91. The van der Waals surface area contributed by atoms with Crippen molar-refractivity contribution in [1.29, 1.82) is 0 Å². The van der Waals surface area contributed by atoms with Crippen LogP contribution in [0.5, 0.6) is 0 Å². The van der Waals surface area contributed by atoms with Crippen molar-refractivity contribution >= 4 is 23.2 Å². The highest BCUT2D eigenvalue weighted by Gasteiger charge is 2.20. The number of anilines is 1. The van der Waals surface area contributed by atoms with E-state index in [2.05, 4.69) is 4.98 Å². The fourth-order valence-corrected chi connectivity index (χ4v) is 1.86. The van der Waals surface area contributed by atoms with Gasteiger partial charge in [-0.05, 0) is 30.7 Å². The van der Waals surface area contributed by atoms with Gasteiger partial charge in [0, 0.05) is 6.20 Å². The quantitative estimate of drug-likeness (QED) is 0.849. The van der Waals surface area contributed by atoms with Crippen molar-refractivity contribution in [1.82, 2.24) is 4.98 Å². The highest BCUT2D eigenvalue weighted by atomic mass is 35.5. The van der Waals surface area contributed by atoms with Gasteiger partial charge in [-0.3, -0.25) is 4.79 Å². The maximum absolute atomic E-state index is 13.8. The second kappa shape index (κ2) is 4.74. The Bertz CT molecular complexity index is 608. The van der Waals surface area contributed by atoms with E-state index in [1.165, 1.54) is 24.4 Å². The molecule has 1 aromatic heterocycles. The number of nitrogens with two attached hydrogens (primary N) is 1. The zero-order valence-corrected chi connectivity index (χ0v) is 10.3. The minimum atomic E-state index is -0.744. The smallest absolute Gasteiger partial charge is 0.199 e. The lowest BCUT2D eigenvalue weighted by Gasteiger charge is -2.08. The summed E-state index contributed by atoms with van der Waals surface area (Å²) in [5.41, 5.74) is 6.41. The van der Waals surface area contributed by atoms with Crippen molar-refractivity contribution < 1.29 is 9.18 Å². The Kier molecular flexibility index (Phi) is 3.30. The predicted octanol–water partition coefficient (Wildman–Crippen LogP) is 3.00. The van der Waals surface area contributed by atoms with Crippen molar-refractivity contribution in [2.75, 3.05) is 5.73 Å². The first-order chi connectivity index (χ1) is 8.52. The number of aromatic nitrogens is 1. The van der Waals surface area contributed by atoms with E-state index in [1.54, 1.807) is 13.0 Å².